The number of unbranched alkanes of at least 4 members (excludes halogenated alkanes) is 1. The van der Waals surface area contributed by atoms with Gasteiger partial charge in [0.1, 0.15) is 10.7 Å². The standard InChI is InChI=1S/C13H23BrN2O3S/c1-5-6-7-16(4)20(17,18)12-8-11(19-13(12)14)9-15-10(2)3/h8,10,15H,5-7,9H2,1-4H3. The predicted molar refractivity (Wildman–Crippen MR) is 83.1 cm³/mol. The lowest BCUT2D eigenvalue weighted by Gasteiger charge is -2.15. The van der Waals surface area contributed by atoms with E-state index in [9.17, 15) is 8.42 Å². The van der Waals surface area contributed by atoms with E-state index < -0.39 is 10.0 Å². The average molecular weight is 367 g/mol. The Bertz CT molecular complexity index is 526. The highest BCUT2D eigenvalue weighted by molar-refractivity contribution is 9.10. The highest BCUT2D eigenvalue weighted by Gasteiger charge is 2.26. The van der Waals surface area contributed by atoms with Gasteiger partial charge in [0.15, 0.2) is 4.67 Å². The molecule has 1 aromatic rings. The van der Waals surface area contributed by atoms with Crippen molar-refractivity contribution >= 4 is 26.0 Å². The van der Waals surface area contributed by atoms with Crippen molar-refractivity contribution in [1.29, 1.82) is 0 Å². The van der Waals surface area contributed by atoms with Crippen molar-refractivity contribution in [3.8, 4) is 0 Å². The summed E-state index contributed by atoms with van der Waals surface area (Å²) in [7, 11) is -1.90. The van der Waals surface area contributed by atoms with Crippen LogP contribution in [0.15, 0.2) is 20.0 Å². The first-order valence-electron chi connectivity index (χ1n) is 6.77. The highest BCUT2D eigenvalue weighted by atomic mass is 79.9. The summed E-state index contributed by atoms with van der Waals surface area (Å²) in [5.74, 6) is 0.605. The maximum Gasteiger partial charge on any atom is 0.247 e. The minimum Gasteiger partial charge on any atom is -0.452 e. The summed E-state index contributed by atoms with van der Waals surface area (Å²) in [6.45, 7) is 7.09. The molecule has 1 heterocycles. The van der Waals surface area contributed by atoms with Gasteiger partial charge >= 0.3 is 0 Å². The molecule has 0 aliphatic carbocycles. The molecule has 1 rings (SSSR count). The lowest BCUT2D eigenvalue weighted by Crippen LogP contribution is -2.27. The first-order chi connectivity index (χ1) is 9.28. The van der Waals surface area contributed by atoms with Gasteiger partial charge in [-0.05, 0) is 22.4 Å². The zero-order chi connectivity index (χ0) is 15.3. The number of sulfonamides is 1. The normalized spacial score (nSPS) is 12.6. The van der Waals surface area contributed by atoms with E-state index in [0.29, 0.717) is 24.9 Å². The lowest BCUT2D eigenvalue weighted by molar-refractivity contribution is 0.440. The second-order valence-electron chi connectivity index (χ2n) is 5.07. The first kappa shape index (κ1) is 17.7. The van der Waals surface area contributed by atoms with Crippen LogP contribution in [0.5, 0.6) is 0 Å². The van der Waals surface area contributed by atoms with Crippen LogP contribution in [-0.2, 0) is 16.6 Å². The summed E-state index contributed by atoms with van der Waals surface area (Å²) < 4.78 is 31.9. The van der Waals surface area contributed by atoms with Gasteiger partial charge in [-0.2, -0.15) is 0 Å². The van der Waals surface area contributed by atoms with Crippen LogP contribution in [0.25, 0.3) is 0 Å². The summed E-state index contributed by atoms with van der Waals surface area (Å²) >= 11 is 3.20. The molecule has 116 valence electrons. The van der Waals surface area contributed by atoms with Gasteiger partial charge in [-0.25, -0.2) is 12.7 Å². The number of nitrogens with zero attached hydrogens (tertiary/aromatic N) is 1. The Hall–Kier alpha value is -0.370. The molecule has 0 atom stereocenters. The van der Waals surface area contributed by atoms with Gasteiger partial charge in [0.05, 0.1) is 6.54 Å². The Kier molecular flexibility index (Phi) is 6.71. The molecule has 0 unspecified atom stereocenters. The molecule has 5 nitrogen and oxygen atoms in total. The van der Waals surface area contributed by atoms with Crippen molar-refractivity contribution in [2.24, 2.45) is 0 Å². The van der Waals surface area contributed by atoms with Gasteiger partial charge in [0, 0.05) is 25.7 Å². The van der Waals surface area contributed by atoms with Gasteiger partial charge < -0.3 is 9.73 Å². The number of halogens is 1. The second-order valence-corrected chi connectivity index (χ2v) is 7.80. The summed E-state index contributed by atoms with van der Waals surface area (Å²) in [5, 5.41) is 3.19. The molecule has 7 heteroatoms. The smallest absolute Gasteiger partial charge is 0.247 e. The molecule has 0 saturated carbocycles. The molecule has 1 aromatic heterocycles. The monoisotopic (exact) mass is 366 g/mol. The van der Waals surface area contributed by atoms with Gasteiger partial charge in [0.2, 0.25) is 10.0 Å². The molecule has 0 aliphatic heterocycles. The number of hydrogen-bond donors (Lipinski definition) is 1. The van der Waals surface area contributed by atoms with E-state index in [1.165, 1.54) is 4.31 Å². The van der Waals surface area contributed by atoms with Crippen LogP contribution in [0.1, 0.15) is 39.4 Å². The largest absolute Gasteiger partial charge is 0.452 e. The van der Waals surface area contributed by atoms with Crippen LogP contribution < -0.4 is 5.32 Å². The van der Waals surface area contributed by atoms with E-state index in [1.807, 2.05) is 20.8 Å². The Morgan fingerprint density at radius 3 is 2.65 bits per heavy atom. The van der Waals surface area contributed by atoms with Crippen molar-refractivity contribution in [3.63, 3.8) is 0 Å². The zero-order valence-corrected chi connectivity index (χ0v) is 14.8. The fourth-order valence-electron chi connectivity index (χ4n) is 1.63. The SMILES string of the molecule is CCCCN(C)S(=O)(=O)c1cc(CNC(C)C)oc1Br. The van der Waals surface area contributed by atoms with E-state index in [4.69, 9.17) is 4.42 Å². The van der Waals surface area contributed by atoms with Gasteiger partial charge in [-0.15, -0.1) is 0 Å². The topological polar surface area (TPSA) is 62.6 Å². The number of furan rings is 1. The Morgan fingerprint density at radius 1 is 1.45 bits per heavy atom. The van der Waals surface area contributed by atoms with Crippen molar-refractivity contribution in [2.75, 3.05) is 13.6 Å². The molecular formula is C13H23BrN2O3S. The quantitative estimate of drug-likeness (QED) is 0.767. The van der Waals surface area contributed by atoms with Crippen molar-refractivity contribution < 1.29 is 12.8 Å². The van der Waals surface area contributed by atoms with E-state index >= 15 is 0 Å². The predicted octanol–water partition coefficient (Wildman–Crippen LogP) is 2.96. The summed E-state index contributed by atoms with van der Waals surface area (Å²) in [6.07, 6.45) is 1.79. The van der Waals surface area contributed by atoms with E-state index in [2.05, 4.69) is 21.2 Å². The van der Waals surface area contributed by atoms with Gasteiger partial charge in [-0.3, -0.25) is 0 Å². The maximum absolute atomic E-state index is 12.4. The number of nitrogens with one attached hydrogen (secondary N) is 1. The lowest BCUT2D eigenvalue weighted by atomic mass is 10.3. The van der Waals surface area contributed by atoms with Gasteiger partial charge in [-0.1, -0.05) is 27.2 Å². The zero-order valence-electron chi connectivity index (χ0n) is 12.4. The van der Waals surface area contributed by atoms with Crippen molar-refractivity contribution in [2.45, 2.75) is 51.1 Å². The summed E-state index contributed by atoms with van der Waals surface area (Å²) in [4.78, 5) is 0.191. The minimum atomic E-state index is -3.49. The van der Waals surface area contributed by atoms with Crippen LogP contribution in [0.3, 0.4) is 0 Å². The maximum atomic E-state index is 12.4. The highest BCUT2D eigenvalue weighted by Crippen LogP contribution is 2.28. The average Bonchev–Trinajstić information content (AvgIpc) is 2.75. The molecule has 1 N–H and O–H groups in total. The van der Waals surface area contributed by atoms with Crippen LogP contribution in [0, 0.1) is 0 Å². The Balaban J connectivity index is 2.89. The van der Waals surface area contributed by atoms with E-state index in [-0.39, 0.29) is 9.56 Å². The molecule has 20 heavy (non-hydrogen) atoms. The van der Waals surface area contributed by atoms with Crippen LogP contribution >= 0.6 is 15.9 Å². The molecule has 0 aromatic carbocycles. The van der Waals surface area contributed by atoms with Crippen molar-refractivity contribution in [1.82, 2.24) is 9.62 Å². The van der Waals surface area contributed by atoms with Crippen LogP contribution in [0.2, 0.25) is 0 Å². The van der Waals surface area contributed by atoms with Gasteiger partial charge in [0.25, 0.3) is 0 Å². The molecule has 0 fully saturated rings. The summed E-state index contributed by atoms with van der Waals surface area (Å²) in [5.41, 5.74) is 0. The molecule has 0 saturated heterocycles. The third-order valence-electron chi connectivity index (χ3n) is 2.91. The fourth-order valence-corrected chi connectivity index (χ4v) is 3.80. The fraction of sp³-hybridized carbons (Fsp3) is 0.692. The first-order valence-corrected chi connectivity index (χ1v) is 9.00. The Labute approximate surface area is 129 Å². The molecule has 0 spiro atoms. The Morgan fingerprint density at radius 2 is 2.10 bits per heavy atom. The molecule has 0 aliphatic rings. The minimum absolute atomic E-state index is 0.191. The third-order valence-corrected chi connectivity index (χ3v) is 5.62. The molecule has 0 amide bonds. The molecule has 0 radical (unpaired) electrons. The third kappa shape index (κ3) is 4.58. The van der Waals surface area contributed by atoms with E-state index in [0.717, 1.165) is 12.8 Å². The second kappa shape index (κ2) is 7.59. The van der Waals surface area contributed by atoms with Crippen molar-refractivity contribution in [3.05, 3.63) is 16.5 Å². The van der Waals surface area contributed by atoms with Crippen LogP contribution in [-0.4, -0.2) is 32.4 Å². The summed E-state index contributed by atoms with van der Waals surface area (Å²) in [6, 6.07) is 1.89. The number of rotatable bonds is 8. The number of hydrogen-bond acceptors (Lipinski definition) is 4. The molecular weight excluding hydrogens is 344 g/mol. The molecule has 0 bridgehead atoms. The van der Waals surface area contributed by atoms with Crippen LogP contribution in [0.4, 0.5) is 0 Å². The van der Waals surface area contributed by atoms with E-state index in [1.54, 1.807) is 13.1 Å².